The molecule has 19 heavy (non-hydrogen) atoms. The van der Waals surface area contributed by atoms with Crippen molar-refractivity contribution in [2.24, 2.45) is 11.8 Å². The summed E-state index contributed by atoms with van der Waals surface area (Å²) in [5, 5.41) is 14.9. The molecule has 0 aromatic heterocycles. The van der Waals surface area contributed by atoms with Crippen LogP contribution in [0.1, 0.15) is 50.3 Å². The fourth-order valence-electron chi connectivity index (χ4n) is 4.00. The number of hydrogen-bond donors (Lipinski definition) is 2. The molecule has 104 valence electrons. The van der Waals surface area contributed by atoms with Crippen molar-refractivity contribution in [2.75, 3.05) is 6.54 Å². The van der Waals surface area contributed by atoms with Crippen LogP contribution in [-0.4, -0.2) is 17.3 Å². The SMILES string of the molecule is CC1CCC(C)C(O)(C2NCCc3ccccc32)C1. The van der Waals surface area contributed by atoms with Crippen molar-refractivity contribution in [3.8, 4) is 0 Å². The number of fused-ring (bicyclic) bond motifs is 1. The van der Waals surface area contributed by atoms with E-state index in [1.165, 1.54) is 17.5 Å². The highest BCUT2D eigenvalue weighted by Crippen LogP contribution is 2.45. The number of hydrogen-bond acceptors (Lipinski definition) is 2. The summed E-state index contributed by atoms with van der Waals surface area (Å²) in [5.41, 5.74) is 2.14. The van der Waals surface area contributed by atoms with E-state index in [4.69, 9.17) is 0 Å². The Balaban J connectivity index is 1.97. The number of benzene rings is 1. The van der Waals surface area contributed by atoms with Gasteiger partial charge < -0.3 is 10.4 Å². The Labute approximate surface area is 116 Å². The summed E-state index contributed by atoms with van der Waals surface area (Å²) in [4.78, 5) is 0. The Bertz CT molecular complexity index is 458. The molecule has 0 saturated heterocycles. The first-order valence-corrected chi connectivity index (χ1v) is 7.65. The lowest BCUT2D eigenvalue weighted by atomic mass is 9.66. The van der Waals surface area contributed by atoms with Gasteiger partial charge in [-0.05, 0) is 48.8 Å². The molecule has 3 rings (SSSR count). The van der Waals surface area contributed by atoms with Gasteiger partial charge in [0, 0.05) is 0 Å². The van der Waals surface area contributed by atoms with E-state index < -0.39 is 5.60 Å². The average molecular weight is 259 g/mol. The third-order valence-corrected chi connectivity index (χ3v) is 5.23. The first-order chi connectivity index (χ1) is 9.11. The van der Waals surface area contributed by atoms with Crippen LogP contribution >= 0.6 is 0 Å². The van der Waals surface area contributed by atoms with Gasteiger partial charge in [0.15, 0.2) is 0 Å². The Kier molecular flexibility index (Phi) is 3.40. The molecule has 1 saturated carbocycles. The van der Waals surface area contributed by atoms with E-state index in [2.05, 4.69) is 43.4 Å². The van der Waals surface area contributed by atoms with Gasteiger partial charge in [0.1, 0.15) is 0 Å². The van der Waals surface area contributed by atoms with Crippen LogP contribution in [0, 0.1) is 11.8 Å². The van der Waals surface area contributed by atoms with Gasteiger partial charge in [-0.3, -0.25) is 0 Å². The minimum atomic E-state index is -0.589. The molecule has 1 fully saturated rings. The molecule has 1 aromatic rings. The topological polar surface area (TPSA) is 32.3 Å². The van der Waals surface area contributed by atoms with Crippen LogP contribution in [-0.2, 0) is 6.42 Å². The van der Waals surface area contributed by atoms with Crippen LogP contribution < -0.4 is 5.32 Å². The van der Waals surface area contributed by atoms with E-state index in [0.717, 1.165) is 25.8 Å². The van der Waals surface area contributed by atoms with Crippen LogP contribution in [0.3, 0.4) is 0 Å². The zero-order chi connectivity index (χ0) is 13.5. The van der Waals surface area contributed by atoms with Gasteiger partial charge in [-0.1, -0.05) is 44.5 Å². The van der Waals surface area contributed by atoms with Crippen LogP contribution in [0.25, 0.3) is 0 Å². The Morgan fingerprint density at radius 2 is 2.00 bits per heavy atom. The standard InChI is InChI=1S/C17H25NO/c1-12-7-8-13(2)17(19,11-12)16-15-6-4-3-5-14(15)9-10-18-16/h3-6,12-13,16,18-19H,7-11H2,1-2H3. The lowest BCUT2D eigenvalue weighted by Crippen LogP contribution is -2.53. The summed E-state index contributed by atoms with van der Waals surface area (Å²) < 4.78 is 0. The number of nitrogens with one attached hydrogen (secondary N) is 1. The number of aliphatic hydroxyl groups is 1. The van der Waals surface area contributed by atoms with Gasteiger partial charge in [0.2, 0.25) is 0 Å². The van der Waals surface area contributed by atoms with Crippen molar-refractivity contribution in [3.05, 3.63) is 35.4 Å². The largest absolute Gasteiger partial charge is 0.388 e. The highest BCUT2D eigenvalue weighted by atomic mass is 16.3. The predicted molar refractivity (Wildman–Crippen MR) is 78.0 cm³/mol. The summed E-state index contributed by atoms with van der Waals surface area (Å²) in [7, 11) is 0. The second-order valence-electron chi connectivity index (χ2n) is 6.61. The Morgan fingerprint density at radius 3 is 2.84 bits per heavy atom. The highest BCUT2D eigenvalue weighted by molar-refractivity contribution is 5.34. The third kappa shape index (κ3) is 2.21. The maximum atomic E-state index is 11.3. The molecular formula is C17H25NO. The molecule has 4 atom stereocenters. The minimum absolute atomic E-state index is 0.107. The van der Waals surface area contributed by atoms with Gasteiger partial charge in [-0.15, -0.1) is 0 Å². The summed E-state index contributed by atoms with van der Waals surface area (Å²) >= 11 is 0. The molecule has 1 aliphatic heterocycles. The van der Waals surface area contributed by atoms with Gasteiger partial charge in [0.05, 0.1) is 11.6 Å². The molecule has 1 aliphatic carbocycles. The molecule has 2 aliphatic rings. The van der Waals surface area contributed by atoms with E-state index >= 15 is 0 Å². The van der Waals surface area contributed by atoms with Crippen LogP contribution in [0.5, 0.6) is 0 Å². The van der Waals surface area contributed by atoms with E-state index in [1.807, 2.05) is 0 Å². The van der Waals surface area contributed by atoms with Gasteiger partial charge in [-0.25, -0.2) is 0 Å². The number of rotatable bonds is 1. The molecule has 0 amide bonds. The second-order valence-corrected chi connectivity index (χ2v) is 6.61. The Hall–Kier alpha value is -0.860. The molecule has 1 aromatic carbocycles. The molecule has 0 bridgehead atoms. The van der Waals surface area contributed by atoms with E-state index in [-0.39, 0.29) is 6.04 Å². The zero-order valence-electron chi connectivity index (χ0n) is 12.0. The summed E-state index contributed by atoms with van der Waals surface area (Å²) in [5.74, 6) is 0.990. The Morgan fingerprint density at radius 1 is 1.21 bits per heavy atom. The predicted octanol–water partition coefficient (Wildman–Crippen LogP) is 3.06. The third-order valence-electron chi connectivity index (χ3n) is 5.23. The highest BCUT2D eigenvalue weighted by Gasteiger charge is 2.46. The molecule has 1 heterocycles. The lowest BCUT2D eigenvalue weighted by Gasteiger charge is -2.48. The summed E-state index contributed by atoms with van der Waals surface area (Å²) in [6.45, 7) is 5.46. The molecule has 2 N–H and O–H groups in total. The molecule has 4 unspecified atom stereocenters. The molecule has 2 nitrogen and oxygen atoms in total. The van der Waals surface area contributed by atoms with Crippen LogP contribution in [0.15, 0.2) is 24.3 Å². The maximum absolute atomic E-state index is 11.3. The molecule has 0 spiro atoms. The van der Waals surface area contributed by atoms with Crippen molar-refractivity contribution in [2.45, 2.75) is 51.2 Å². The van der Waals surface area contributed by atoms with Crippen LogP contribution in [0.2, 0.25) is 0 Å². The van der Waals surface area contributed by atoms with Crippen molar-refractivity contribution < 1.29 is 5.11 Å². The fourth-order valence-corrected chi connectivity index (χ4v) is 4.00. The minimum Gasteiger partial charge on any atom is -0.388 e. The molecular weight excluding hydrogens is 234 g/mol. The second kappa shape index (κ2) is 4.92. The quantitative estimate of drug-likeness (QED) is 0.812. The van der Waals surface area contributed by atoms with Gasteiger partial charge >= 0.3 is 0 Å². The molecule has 0 radical (unpaired) electrons. The lowest BCUT2D eigenvalue weighted by molar-refractivity contribution is -0.0875. The fraction of sp³-hybridized carbons (Fsp3) is 0.647. The summed E-state index contributed by atoms with van der Waals surface area (Å²) in [6, 6.07) is 8.71. The van der Waals surface area contributed by atoms with E-state index in [0.29, 0.717) is 11.8 Å². The maximum Gasteiger partial charge on any atom is 0.0869 e. The van der Waals surface area contributed by atoms with Crippen molar-refractivity contribution in [3.63, 3.8) is 0 Å². The van der Waals surface area contributed by atoms with Crippen molar-refractivity contribution in [1.82, 2.24) is 5.32 Å². The first kappa shape index (κ1) is 13.1. The first-order valence-electron chi connectivity index (χ1n) is 7.65. The normalized spacial score (nSPS) is 38.8. The monoisotopic (exact) mass is 259 g/mol. The average Bonchev–Trinajstić information content (AvgIpc) is 2.42. The van der Waals surface area contributed by atoms with Gasteiger partial charge in [-0.2, -0.15) is 0 Å². The van der Waals surface area contributed by atoms with Crippen molar-refractivity contribution in [1.29, 1.82) is 0 Å². The summed E-state index contributed by atoms with van der Waals surface area (Å²) in [6.07, 6.45) is 4.38. The van der Waals surface area contributed by atoms with Crippen LogP contribution in [0.4, 0.5) is 0 Å². The van der Waals surface area contributed by atoms with Gasteiger partial charge in [0.25, 0.3) is 0 Å². The van der Waals surface area contributed by atoms with E-state index in [9.17, 15) is 5.11 Å². The molecule has 2 heteroatoms. The smallest absolute Gasteiger partial charge is 0.0869 e. The zero-order valence-corrected chi connectivity index (χ0v) is 12.0. The van der Waals surface area contributed by atoms with Crippen molar-refractivity contribution >= 4 is 0 Å². The van der Waals surface area contributed by atoms with E-state index in [1.54, 1.807) is 0 Å².